The number of aryl methyl sites for hydroxylation is 2. The van der Waals surface area contributed by atoms with Crippen molar-refractivity contribution in [1.29, 1.82) is 0 Å². The summed E-state index contributed by atoms with van der Waals surface area (Å²) >= 11 is 5.98. The Labute approximate surface area is 89.5 Å². The molecule has 0 aliphatic heterocycles. The minimum absolute atomic E-state index is 0.797. The average Bonchev–Trinajstić information content (AvgIpc) is 2.53. The molecule has 14 heavy (non-hydrogen) atoms. The molecule has 2 aromatic rings. The second-order valence-electron chi connectivity index (χ2n) is 2.95. The second-order valence-corrected chi connectivity index (χ2v) is 3.35. The fourth-order valence-corrected chi connectivity index (χ4v) is 1.41. The van der Waals surface area contributed by atoms with Crippen LogP contribution in [0.25, 0.3) is 11.0 Å². The van der Waals surface area contributed by atoms with Gasteiger partial charge in [0.2, 0.25) is 0 Å². The highest BCUT2D eigenvalue weighted by Crippen LogP contribution is 2.21. The second kappa shape index (κ2) is 4.47. The Bertz CT molecular complexity index is 432. The Morgan fingerprint density at radius 2 is 1.93 bits per heavy atom. The molecule has 0 fully saturated rings. The number of nitrogens with zero attached hydrogens (tertiary/aromatic N) is 2. The van der Waals surface area contributed by atoms with Gasteiger partial charge in [-0.3, -0.25) is 0 Å². The first-order valence-electron chi connectivity index (χ1n) is 4.75. The zero-order chi connectivity index (χ0) is 10.7. The molecule has 0 atom stereocenters. The van der Waals surface area contributed by atoms with Gasteiger partial charge in [0.1, 0.15) is 0 Å². The Morgan fingerprint density at radius 3 is 2.57 bits per heavy atom. The van der Waals surface area contributed by atoms with Crippen LogP contribution in [0.3, 0.4) is 0 Å². The average molecular weight is 211 g/mol. The third kappa shape index (κ3) is 1.90. The van der Waals surface area contributed by atoms with Crippen LogP contribution in [0.4, 0.5) is 0 Å². The van der Waals surface area contributed by atoms with E-state index in [4.69, 9.17) is 11.6 Å². The number of hydrogen-bond acceptors (Lipinski definition) is 1. The lowest BCUT2D eigenvalue weighted by atomic mass is 10.2. The molecule has 0 saturated heterocycles. The number of fused-ring (bicyclic) bond motifs is 1. The van der Waals surface area contributed by atoms with E-state index < -0.39 is 0 Å². The van der Waals surface area contributed by atoms with Crippen LogP contribution in [-0.4, -0.2) is 9.55 Å². The fraction of sp³-hybridized carbons (Fsp3) is 0.364. The molecule has 1 aromatic heterocycles. The summed E-state index contributed by atoms with van der Waals surface area (Å²) in [5, 5.41) is 0.797. The number of benzene rings is 1. The van der Waals surface area contributed by atoms with Crippen LogP contribution >= 0.6 is 11.6 Å². The van der Waals surface area contributed by atoms with Crippen molar-refractivity contribution in [2.75, 3.05) is 0 Å². The molecule has 3 heteroatoms. The summed E-state index contributed by atoms with van der Waals surface area (Å²) in [5.41, 5.74) is 3.15. The lowest BCUT2D eigenvalue weighted by molar-refractivity contribution is 0.947. The molecule has 0 N–H and O–H groups in total. The number of imidazole rings is 1. The summed E-state index contributed by atoms with van der Waals surface area (Å²) in [7, 11) is 1.96. The van der Waals surface area contributed by atoms with Gasteiger partial charge < -0.3 is 4.57 Å². The quantitative estimate of drug-likeness (QED) is 0.650. The van der Waals surface area contributed by atoms with E-state index in [1.165, 1.54) is 0 Å². The molecule has 0 aliphatic rings. The van der Waals surface area contributed by atoms with E-state index in [9.17, 15) is 0 Å². The minimum Gasteiger partial charge on any atom is -0.334 e. The molecule has 1 aromatic carbocycles. The van der Waals surface area contributed by atoms with E-state index in [-0.39, 0.29) is 0 Å². The van der Waals surface area contributed by atoms with Crippen molar-refractivity contribution < 1.29 is 0 Å². The van der Waals surface area contributed by atoms with Gasteiger partial charge in [-0.25, -0.2) is 4.98 Å². The van der Waals surface area contributed by atoms with Crippen molar-refractivity contribution in [3.8, 4) is 0 Å². The van der Waals surface area contributed by atoms with Gasteiger partial charge in [0.15, 0.2) is 0 Å². The number of halogens is 1. The molecule has 76 valence electrons. The van der Waals surface area contributed by atoms with E-state index in [1.807, 2.05) is 44.5 Å². The van der Waals surface area contributed by atoms with Gasteiger partial charge in [-0.2, -0.15) is 0 Å². The Morgan fingerprint density at radius 1 is 1.29 bits per heavy atom. The lowest BCUT2D eigenvalue weighted by Crippen LogP contribution is -1.84. The number of aromatic nitrogens is 2. The number of hydrogen-bond donors (Lipinski definition) is 0. The van der Waals surface area contributed by atoms with Crippen LogP contribution in [0.15, 0.2) is 18.5 Å². The minimum atomic E-state index is 0.797. The summed E-state index contributed by atoms with van der Waals surface area (Å²) in [4.78, 5) is 4.22. The predicted octanol–water partition coefficient (Wildman–Crippen LogP) is 3.56. The van der Waals surface area contributed by atoms with E-state index in [0.29, 0.717) is 0 Å². The highest BCUT2D eigenvalue weighted by Gasteiger charge is 2.02. The molecule has 0 spiro atoms. The maximum Gasteiger partial charge on any atom is 0.0955 e. The van der Waals surface area contributed by atoms with Gasteiger partial charge in [0.25, 0.3) is 0 Å². The van der Waals surface area contributed by atoms with Crippen LogP contribution in [0.2, 0.25) is 5.02 Å². The maximum atomic E-state index is 5.98. The third-order valence-corrected chi connectivity index (χ3v) is 2.41. The molecule has 1 heterocycles. The van der Waals surface area contributed by atoms with E-state index in [1.54, 1.807) is 6.33 Å². The molecule has 0 aliphatic carbocycles. The molecule has 0 bridgehead atoms. The van der Waals surface area contributed by atoms with Gasteiger partial charge in [-0.15, -0.1) is 0 Å². The Balaban J connectivity index is 0.000000461. The zero-order valence-electron chi connectivity index (χ0n) is 9.00. The van der Waals surface area contributed by atoms with Crippen LogP contribution < -0.4 is 0 Å². The van der Waals surface area contributed by atoms with Crippen molar-refractivity contribution in [3.05, 3.63) is 29.0 Å². The van der Waals surface area contributed by atoms with Crippen molar-refractivity contribution in [1.82, 2.24) is 9.55 Å². The smallest absolute Gasteiger partial charge is 0.0955 e. The predicted molar refractivity (Wildman–Crippen MR) is 61.8 cm³/mol. The van der Waals surface area contributed by atoms with Crippen molar-refractivity contribution >= 4 is 22.6 Å². The van der Waals surface area contributed by atoms with Crippen LogP contribution in [0.1, 0.15) is 19.4 Å². The first kappa shape index (κ1) is 11.1. The van der Waals surface area contributed by atoms with Gasteiger partial charge in [-0.05, 0) is 24.6 Å². The Kier molecular flexibility index (Phi) is 3.53. The van der Waals surface area contributed by atoms with Crippen molar-refractivity contribution in [2.24, 2.45) is 7.05 Å². The summed E-state index contributed by atoms with van der Waals surface area (Å²) < 4.78 is 1.96. The summed E-state index contributed by atoms with van der Waals surface area (Å²) in [6.45, 7) is 5.98. The lowest BCUT2D eigenvalue weighted by Gasteiger charge is -1.98. The van der Waals surface area contributed by atoms with Crippen molar-refractivity contribution in [3.63, 3.8) is 0 Å². The molecule has 2 nitrogen and oxygen atoms in total. The first-order chi connectivity index (χ1) is 6.68. The van der Waals surface area contributed by atoms with E-state index in [0.717, 1.165) is 21.6 Å². The topological polar surface area (TPSA) is 17.8 Å². The molecule has 0 unspecified atom stereocenters. The molecular formula is C11H15ClN2. The summed E-state index contributed by atoms with van der Waals surface area (Å²) in [6.07, 6.45) is 1.79. The molecule has 0 saturated carbocycles. The maximum absolute atomic E-state index is 5.98. The molecule has 0 amide bonds. The largest absolute Gasteiger partial charge is 0.334 e. The van der Waals surface area contributed by atoms with E-state index in [2.05, 4.69) is 4.98 Å². The summed E-state index contributed by atoms with van der Waals surface area (Å²) in [5.74, 6) is 0. The standard InChI is InChI=1S/C9H9ClN2.C2H6/c1-6-3-8-9(4-7(6)10)12(2)5-11-8;1-2/h3-5H,1-2H3;1-2H3. The van der Waals surface area contributed by atoms with E-state index >= 15 is 0 Å². The van der Waals surface area contributed by atoms with Gasteiger partial charge >= 0.3 is 0 Å². The number of rotatable bonds is 0. The summed E-state index contributed by atoms with van der Waals surface area (Å²) in [6, 6.07) is 3.94. The molecule has 0 radical (unpaired) electrons. The normalized spacial score (nSPS) is 9.79. The van der Waals surface area contributed by atoms with Crippen molar-refractivity contribution in [2.45, 2.75) is 20.8 Å². The van der Waals surface area contributed by atoms with Gasteiger partial charge in [0, 0.05) is 12.1 Å². The monoisotopic (exact) mass is 210 g/mol. The SMILES string of the molecule is CC.Cc1cc2ncn(C)c2cc1Cl. The highest BCUT2D eigenvalue weighted by molar-refractivity contribution is 6.32. The fourth-order valence-electron chi connectivity index (χ4n) is 1.25. The molecular weight excluding hydrogens is 196 g/mol. The highest BCUT2D eigenvalue weighted by atomic mass is 35.5. The van der Waals surface area contributed by atoms with Crippen LogP contribution in [-0.2, 0) is 7.05 Å². The van der Waals surface area contributed by atoms with Gasteiger partial charge in [-0.1, -0.05) is 25.4 Å². The molecule has 2 rings (SSSR count). The zero-order valence-corrected chi connectivity index (χ0v) is 9.76. The Hall–Kier alpha value is -1.02. The van der Waals surface area contributed by atoms with Crippen LogP contribution in [0, 0.1) is 6.92 Å². The van der Waals surface area contributed by atoms with Gasteiger partial charge in [0.05, 0.1) is 17.4 Å². The van der Waals surface area contributed by atoms with Crippen LogP contribution in [0.5, 0.6) is 0 Å². The third-order valence-electron chi connectivity index (χ3n) is 2.01. The first-order valence-corrected chi connectivity index (χ1v) is 5.13.